The first kappa shape index (κ1) is 17.5. The molecule has 2 aromatic rings. The van der Waals surface area contributed by atoms with Crippen LogP contribution in [0.1, 0.15) is 33.1 Å². The highest BCUT2D eigenvalue weighted by molar-refractivity contribution is 7.89. The van der Waals surface area contributed by atoms with Crippen molar-refractivity contribution < 1.29 is 17.9 Å². The lowest BCUT2D eigenvalue weighted by Crippen LogP contribution is -2.64. The van der Waals surface area contributed by atoms with Crippen molar-refractivity contribution in [3.8, 4) is 11.5 Å². The van der Waals surface area contributed by atoms with Crippen LogP contribution in [0.2, 0.25) is 0 Å². The Hall–Kier alpha value is -2.34. The minimum absolute atomic E-state index is 0.104. The number of rotatable bonds is 6. The van der Waals surface area contributed by atoms with Crippen LogP contribution < -0.4 is 4.74 Å². The Bertz CT molecular complexity index is 856. The fourth-order valence-corrected chi connectivity index (χ4v) is 5.04. The van der Waals surface area contributed by atoms with Crippen LogP contribution in [0.4, 0.5) is 0 Å². The summed E-state index contributed by atoms with van der Waals surface area (Å²) in [5.41, 5.74) is -0.588. The average Bonchev–Trinajstić information content (AvgIpc) is 2.60. The zero-order chi connectivity index (χ0) is 18.1. The highest BCUT2D eigenvalue weighted by Crippen LogP contribution is 2.42. The van der Waals surface area contributed by atoms with Gasteiger partial charge in [-0.15, -0.1) is 0 Å². The number of ether oxygens (including phenoxy) is 1. The molecule has 1 fully saturated rings. The van der Waals surface area contributed by atoms with Gasteiger partial charge < -0.3 is 4.74 Å². The lowest BCUT2D eigenvalue weighted by atomic mass is 9.82. The molecule has 0 spiro atoms. The van der Waals surface area contributed by atoms with E-state index >= 15 is 0 Å². The maximum atomic E-state index is 12.9. The minimum atomic E-state index is -3.84. The predicted molar refractivity (Wildman–Crippen MR) is 94.9 cm³/mol. The van der Waals surface area contributed by atoms with Crippen LogP contribution in [0.25, 0.3) is 0 Å². The highest BCUT2D eigenvalue weighted by Gasteiger charge is 2.54. The summed E-state index contributed by atoms with van der Waals surface area (Å²) < 4.78 is 32.5. The van der Waals surface area contributed by atoms with Crippen LogP contribution in [0.3, 0.4) is 0 Å². The predicted octanol–water partition coefficient (Wildman–Crippen LogP) is 3.96. The second kappa shape index (κ2) is 6.52. The van der Waals surface area contributed by atoms with Crippen molar-refractivity contribution in [1.29, 1.82) is 0 Å². The molecule has 0 N–H and O–H groups in total. The Balaban J connectivity index is 1.85. The largest absolute Gasteiger partial charge is 0.457 e. The zero-order valence-corrected chi connectivity index (χ0v) is 15.1. The van der Waals surface area contributed by atoms with Gasteiger partial charge in [0, 0.05) is 0 Å². The smallest absolute Gasteiger partial charge is 0.267 e. The molecule has 1 saturated heterocycles. The molecule has 0 unspecified atom stereocenters. The highest BCUT2D eigenvalue weighted by atomic mass is 32.2. The summed E-state index contributed by atoms with van der Waals surface area (Å²) in [6, 6.07) is 15.4. The van der Waals surface area contributed by atoms with Crippen molar-refractivity contribution in [1.82, 2.24) is 4.31 Å². The van der Waals surface area contributed by atoms with E-state index < -0.39 is 15.6 Å². The van der Waals surface area contributed by atoms with Gasteiger partial charge in [0.05, 0.1) is 16.9 Å². The third-order valence-corrected chi connectivity index (χ3v) is 6.73. The quantitative estimate of drug-likeness (QED) is 0.733. The maximum absolute atomic E-state index is 12.9. The molecule has 6 heteroatoms. The summed E-state index contributed by atoms with van der Waals surface area (Å²) >= 11 is 0. The molecule has 0 aliphatic carbocycles. The summed E-state index contributed by atoms with van der Waals surface area (Å²) in [5.74, 6) is 0.873. The monoisotopic (exact) mass is 359 g/mol. The number of nitrogens with zero attached hydrogens (tertiary/aromatic N) is 1. The number of hydrogen-bond donors (Lipinski definition) is 0. The van der Waals surface area contributed by atoms with E-state index in [0.717, 1.165) is 4.31 Å². The molecule has 25 heavy (non-hydrogen) atoms. The first-order valence-electron chi connectivity index (χ1n) is 8.34. The summed E-state index contributed by atoms with van der Waals surface area (Å²) in [6.45, 7) is 3.82. The van der Waals surface area contributed by atoms with Gasteiger partial charge >= 0.3 is 0 Å². The number of carbonyl (C=O) groups excluding carboxylic acids is 1. The number of carbonyl (C=O) groups is 1. The molecule has 3 rings (SSSR count). The number of benzene rings is 2. The molecule has 0 radical (unpaired) electrons. The van der Waals surface area contributed by atoms with Crippen LogP contribution >= 0.6 is 0 Å². The molecule has 2 aromatic carbocycles. The SMILES string of the molecule is CCC1(CC)CC(=O)N1S(=O)(=O)c1ccc(Oc2ccccc2)cc1. The topological polar surface area (TPSA) is 63.7 Å². The second-order valence-corrected chi connectivity index (χ2v) is 7.94. The van der Waals surface area contributed by atoms with E-state index in [4.69, 9.17) is 4.74 Å². The van der Waals surface area contributed by atoms with Gasteiger partial charge in [0.15, 0.2) is 0 Å². The number of β-lactam (4-membered cyclic amide) rings is 1. The van der Waals surface area contributed by atoms with Gasteiger partial charge in [-0.2, -0.15) is 0 Å². The Labute approximate surface area is 148 Å². The Morgan fingerprint density at radius 1 is 0.960 bits per heavy atom. The van der Waals surface area contributed by atoms with Gasteiger partial charge in [-0.1, -0.05) is 32.0 Å². The van der Waals surface area contributed by atoms with Gasteiger partial charge in [0.1, 0.15) is 11.5 Å². The van der Waals surface area contributed by atoms with E-state index in [-0.39, 0.29) is 17.2 Å². The van der Waals surface area contributed by atoms with E-state index in [2.05, 4.69) is 0 Å². The summed E-state index contributed by atoms with van der Waals surface area (Å²) in [6.07, 6.45) is 1.52. The first-order valence-corrected chi connectivity index (χ1v) is 9.78. The third kappa shape index (κ3) is 3.02. The first-order chi connectivity index (χ1) is 11.9. The molecule has 1 aliphatic heterocycles. The molecule has 0 atom stereocenters. The van der Waals surface area contributed by atoms with Crippen molar-refractivity contribution in [3.05, 3.63) is 54.6 Å². The van der Waals surface area contributed by atoms with Gasteiger partial charge in [-0.3, -0.25) is 4.79 Å². The number of para-hydroxylation sites is 1. The van der Waals surface area contributed by atoms with Crippen molar-refractivity contribution in [2.45, 2.75) is 43.5 Å². The van der Waals surface area contributed by atoms with Crippen molar-refractivity contribution in [2.24, 2.45) is 0 Å². The Morgan fingerprint density at radius 2 is 1.52 bits per heavy atom. The molecule has 0 bridgehead atoms. The van der Waals surface area contributed by atoms with E-state index in [1.807, 2.05) is 44.2 Å². The molecule has 1 heterocycles. The summed E-state index contributed by atoms with van der Waals surface area (Å²) in [4.78, 5) is 12.1. The Morgan fingerprint density at radius 3 is 2.04 bits per heavy atom. The van der Waals surface area contributed by atoms with Crippen molar-refractivity contribution in [3.63, 3.8) is 0 Å². The fraction of sp³-hybridized carbons (Fsp3) is 0.316. The minimum Gasteiger partial charge on any atom is -0.457 e. The number of hydrogen-bond acceptors (Lipinski definition) is 4. The molecule has 0 aromatic heterocycles. The van der Waals surface area contributed by atoms with Crippen LogP contribution in [0, 0.1) is 0 Å². The summed E-state index contributed by atoms with van der Waals surface area (Å²) in [5, 5.41) is 0. The zero-order valence-electron chi connectivity index (χ0n) is 14.3. The Kier molecular flexibility index (Phi) is 4.56. The van der Waals surface area contributed by atoms with Crippen LogP contribution in [-0.2, 0) is 14.8 Å². The number of sulfonamides is 1. The van der Waals surface area contributed by atoms with Crippen LogP contribution in [0.15, 0.2) is 59.5 Å². The summed E-state index contributed by atoms with van der Waals surface area (Å²) in [7, 11) is -3.84. The van der Waals surface area contributed by atoms with E-state index in [0.29, 0.717) is 24.3 Å². The molecule has 1 aliphatic rings. The van der Waals surface area contributed by atoms with Crippen LogP contribution in [-0.4, -0.2) is 24.2 Å². The van der Waals surface area contributed by atoms with Gasteiger partial charge in [0.25, 0.3) is 10.0 Å². The number of amides is 1. The van der Waals surface area contributed by atoms with E-state index in [1.165, 1.54) is 12.1 Å². The molecular formula is C19H21NO4S. The van der Waals surface area contributed by atoms with Gasteiger partial charge in [0.2, 0.25) is 5.91 Å². The van der Waals surface area contributed by atoms with Gasteiger partial charge in [-0.25, -0.2) is 12.7 Å². The normalized spacial score (nSPS) is 16.4. The van der Waals surface area contributed by atoms with Gasteiger partial charge in [-0.05, 0) is 49.2 Å². The molecule has 5 nitrogen and oxygen atoms in total. The van der Waals surface area contributed by atoms with E-state index in [9.17, 15) is 13.2 Å². The van der Waals surface area contributed by atoms with Crippen LogP contribution in [0.5, 0.6) is 11.5 Å². The second-order valence-electron chi connectivity index (χ2n) is 6.16. The van der Waals surface area contributed by atoms with E-state index in [1.54, 1.807) is 12.1 Å². The lowest BCUT2D eigenvalue weighted by Gasteiger charge is -2.50. The molecular weight excluding hydrogens is 338 g/mol. The van der Waals surface area contributed by atoms with Crippen molar-refractivity contribution in [2.75, 3.05) is 0 Å². The third-order valence-electron chi connectivity index (χ3n) is 4.79. The average molecular weight is 359 g/mol. The standard InChI is InChI=1S/C19H21NO4S/c1-3-19(4-2)14-18(21)20(19)25(22,23)17-12-10-16(11-13-17)24-15-8-6-5-7-9-15/h5-13H,3-4,14H2,1-2H3. The molecule has 1 amide bonds. The molecule has 0 saturated carbocycles. The van der Waals surface area contributed by atoms with Crippen molar-refractivity contribution >= 4 is 15.9 Å². The molecule has 132 valence electrons. The fourth-order valence-electron chi connectivity index (χ4n) is 3.18. The lowest BCUT2D eigenvalue weighted by molar-refractivity contribution is -0.145. The maximum Gasteiger partial charge on any atom is 0.267 e.